The van der Waals surface area contributed by atoms with Gasteiger partial charge in [0.15, 0.2) is 0 Å². The van der Waals surface area contributed by atoms with Crippen LogP contribution < -0.4 is 10.6 Å². The van der Waals surface area contributed by atoms with E-state index in [-0.39, 0.29) is 0 Å². The predicted molar refractivity (Wildman–Crippen MR) is 68.8 cm³/mol. The van der Waals surface area contributed by atoms with Gasteiger partial charge in [-0.25, -0.2) is 9.59 Å². The number of hydrogen-bond acceptors (Lipinski definition) is 3. The molecule has 1 fully saturated rings. The van der Waals surface area contributed by atoms with E-state index in [0.717, 1.165) is 4.90 Å². The van der Waals surface area contributed by atoms with Crippen molar-refractivity contribution in [1.82, 2.24) is 15.5 Å². The van der Waals surface area contributed by atoms with Crippen molar-refractivity contribution in [1.29, 1.82) is 0 Å². The minimum Gasteiger partial charge on any atom is -0.465 e. The van der Waals surface area contributed by atoms with E-state index in [1.807, 2.05) is 20.8 Å². The van der Waals surface area contributed by atoms with E-state index < -0.39 is 29.6 Å². The lowest BCUT2D eigenvalue weighted by Gasteiger charge is -2.27. The molecule has 0 saturated carbocycles. The first-order chi connectivity index (χ1) is 8.70. The summed E-state index contributed by atoms with van der Waals surface area (Å²) in [6, 6.07) is -1.32. The molecule has 108 valence electrons. The van der Waals surface area contributed by atoms with Gasteiger partial charge in [0, 0.05) is 12.1 Å². The number of urea groups is 1. The zero-order valence-corrected chi connectivity index (χ0v) is 11.5. The third-order valence-corrected chi connectivity index (χ3v) is 2.71. The Hall–Kier alpha value is -1.79. The van der Waals surface area contributed by atoms with Gasteiger partial charge in [-0.05, 0) is 40.0 Å². The Balaban J connectivity index is 2.78. The Bertz CT molecular complexity index is 376. The third-order valence-electron chi connectivity index (χ3n) is 2.71. The van der Waals surface area contributed by atoms with Crippen molar-refractivity contribution < 1.29 is 19.5 Å². The first-order valence-electron chi connectivity index (χ1n) is 6.34. The lowest BCUT2D eigenvalue weighted by Crippen LogP contribution is -2.55. The van der Waals surface area contributed by atoms with E-state index in [9.17, 15) is 14.4 Å². The Morgan fingerprint density at radius 1 is 1.32 bits per heavy atom. The van der Waals surface area contributed by atoms with Crippen LogP contribution in [0.25, 0.3) is 0 Å². The van der Waals surface area contributed by atoms with Gasteiger partial charge in [-0.1, -0.05) is 0 Å². The summed E-state index contributed by atoms with van der Waals surface area (Å²) in [6.45, 7) is 5.78. The molecule has 0 aromatic carbocycles. The van der Waals surface area contributed by atoms with Gasteiger partial charge in [-0.3, -0.25) is 9.69 Å². The number of rotatable bonds is 1. The molecule has 1 aliphatic rings. The largest absolute Gasteiger partial charge is 0.465 e. The summed E-state index contributed by atoms with van der Waals surface area (Å²) in [5, 5.41) is 13.6. The highest BCUT2D eigenvalue weighted by atomic mass is 16.4. The van der Waals surface area contributed by atoms with E-state index in [2.05, 4.69) is 10.6 Å². The predicted octanol–water partition coefficient (Wildman–Crippen LogP) is 1.14. The van der Waals surface area contributed by atoms with Crippen LogP contribution in [0.1, 0.15) is 40.0 Å². The number of amides is 4. The molecule has 0 aromatic rings. The summed E-state index contributed by atoms with van der Waals surface area (Å²) in [6.07, 6.45) is 0.554. The number of carbonyl (C=O) groups is 3. The Labute approximate surface area is 112 Å². The number of carbonyl (C=O) groups excluding carboxylic acids is 2. The molecule has 0 radical (unpaired) electrons. The van der Waals surface area contributed by atoms with Crippen LogP contribution in [0.2, 0.25) is 0 Å². The number of imide groups is 1. The van der Waals surface area contributed by atoms with Crippen LogP contribution in [0, 0.1) is 0 Å². The van der Waals surface area contributed by atoms with Crippen molar-refractivity contribution in [3.63, 3.8) is 0 Å². The number of carboxylic acid groups (broad SMARTS) is 1. The molecule has 1 aliphatic heterocycles. The molecule has 1 rings (SSSR count). The molecule has 0 spiro atoms. The summed E-state index contributed by atoms with van der Waals surface area (Å²) >= 11 is 0. The fourth-order valence-corrected chi connectivity index (χ4v) is 1.91. The minimum atomic E-state index is -1.25. The molecule has 0 unspecified atom stereocenters. The Morgan fingerprint density at radius 3 is 2.47 bits per heavy atom. The van der Waals surface area contributed by atoms with Crippen molar-refractivity contribution in [2.75, 3.05) is 6.54 Å². The maximum atomic E-state index is 12.1. The summed E-state index contributed by atoms with van der Waals surface area (Å²) in [7, 11) is 0. The molecule has 0 aromatic heterocycles. The van der Waals surface area contributed by atoms with Crippen molar-refractivity contribution in [2.45, 2.75) is 51.6 Å². The van der Waals surface area contributed by atoms with Crippen molar-refractivity contribution >= 4 is 18.0 Å². The fourth-order valence-electron chi connectivity index (χ4n) is 1.91. The van der Waals surface area contributed by atoms with Crippen LogP contribution in [0.5, 0.6) is 0 Å². The summed E-state index contributed by atoms with van der Waals surface area (Å²) in [4.78, 5) is 35.9. The molecule has 0 bridgehead atoms. The standard InChI is InChI=1S/C12H21N3O4/c1-12(2,3)14-10(17)15-7-5-4-6-8(9(15)16)13-11(18)19/h8,13H,4-7H2,1-3H3,(H,14,17)(H,18,19)/t8-/m0/s1. The molecule has 4 amide bonds. The van der Waals surface area contributed by atoms with Gasteiger partial charge in [0.25, 0.3) is 5.91 Å². The zero-order valence-electron chi connectivity index (χ0n) is 11.5. The van der Waals surface area contributed by atoms with Crippen LogP contribution in [-0.2, 0) is 4.79 Å². The molecular weight excluding hydrogens is 250 g/mol. The lowest BCUT2D eigenvalue weighted by atomic mass is 10.1. The van der Waals surface area contributed by atoms with Gasteiger partial charge < -0.3 is 15.7 Å². The second kappa shape index (κ2) is 5.90. The van der Waals surface area contributed by atoms with Crippen LogP contribution in [0.3, 0.4) is 0 Å². The number of nitrogens with one attached hydrogen (secondary N) is 2. The van der Waals surface area contributed by atoms with Crippen molar-refractivity contribution in [2.24, 2.45) is 0 Å². The molecule has 1 heterocycles. The quantitative estimate of drug-likeness (QED) is 0.666. The van der Waals surface area contributed by atoms with Crippen LogP contribution in [0.15, 0.2) is 0 Å². The van der Waals surface area contributed by atoms with Gasteiger partial charge in [0.1, 0.15) is 6.04 Å². The Morgan fingerprint density at radius 2 is 1.95 bits per heavy atom. The number of hydrogen-bond donors (Lipinski definition) is 3. The topological polar surface area (TPSA) is 98.7 Å². The third kappa shape index (κ3) is 4.76. The fraction of sp³-hybridized carbons (Fsp3) is 0.750. The first kappa shape index (κ1) is 15.3. The van der Waals surface area contributed by atoms with E-state index in [1.54, 1.807) is 0 Å². The summed E-state index contributed by atoms with van der Waals surface area (Å²) < 4.78 is 0. The van der Waals surface area contributed by atoms with Gasteiger partial charge in [0.2, 0.25) is 0 Å². The Kier molecular flexibility index (Phi) is 4.74. The molecule has 7 heteroatoms. The van der Waals surface area contributed by atoms with Gasteiger partial charge in [0.05, 0.1) is 0 Å². The smallest absolute Gasteiger partial charge is 0.405 e. The van der Waals surface area contributed by atoms with Crippen LogP contribution >= 0.6 is 0 Å². The molecule has 19 heavy (non-hydrogen) atoms. The average Bonchev–Trinajstić information content (AvgIpc) is 2.39. The molecular formula is C12H21N3O4. The number of nitrogens with zero attached hydrogens (tertiary/aromatic N) is 1. The second-order valence-electron chi connectivity index (χ2n) is 5.67. The maximum Gasteiger partial charge on any atom is 0.405 e. The molecule has 3 N–H and O–H groups in total. The average molecular weight is 271 g/mol. The van der Waals surface area contributed by atoms with Gasteiger partial charge in [-0.2, -0.15) is 0 Å². The first-order valence-corrected chi connectivity index (χ1v) is 6.34. The lowest BCUT2D eigenvalue weighted by molar-refractivity contribution is -0.129. The summed E-state index contributed by atoms with van der Waals surface area (Å²) in [5.74, 6) is -0.485. The maximum absolute atomic E-state index is 12.1. The molecule has 1 atom stereocenters. The van der Waals surface area contributed by atoms with E-state index in [1.165, 1.54) is 0 Å². The van der Waals surface area contributed by atoms with Crippen LogP contribution in [-0.4, -0.2) is 46.2 Å². The van der Waals surface area contributed by atoms with E-state index in [0.29, 0.717) is 25.8 Å². The van der Waals surface area contributed by atoms with E-state index >= 15 is 0 Å². The zero-order chi connectivity index (χ0) is 14.6. The normalized spacial score (nSPS) is 20.7. The molecule has 7 nitrogen and oxygen atoms in total. The van der Waals surface area contributed by atoms with Crippen molar-refractivity contribution in [3.8, 4) is 0 Å². The monoisotopic (exact) mass is 271 g/mol. The van der Waals surface area contributed by atoms with Gasteiger partial charge >= 0.3 is 12.1 Å². The van der Waals surface area contributed by atoms with E-state index in [4.69, 9.17) is 5.11 Å². The van der Waals surface area contributed by atoms with Gasteiger partial charge in [-0.15, -0.1) is 0 Å². The molecule has 1 saturated heterocycles. The molecule has 0 aliphatic carbocycles. The minimum absolute atomic E-state index is 0.318. The SMILES string of the molecule is CC(C)(C)NC(=O)N1CCCC[C@H](NC(=O)O)C1=O. The summed E-state index contributed by atoms with van der Waals surface area (Å²) in [5.41, 5.74) is -0.445. The highest BCUT2D eigenvalue weighted by Gasteiger charge is 2.33. The highest BCUT2D eigenvalue weighted by Crippen LogP contribution is 2.13. The number of likely N-dealkylation sites (tertiary alicyclic amines) is 1. The van der Waals surface area contributed by atoms with Crippen molar-refractivity contribution in [3.05, 3.63) is 0 Å². The highest BCUT2D eigenvalue weighted by molar-refractivity contribution is 5.98. The van der Waals surface area contributed by atoms with Crippen LogP contribution in [0.4, 0.5) is 9.59 Å². The second-order valence-corrected chi connectivity index (χ2v) is 5.67.